The lowest BCUT2D eigenvalue weighted by molar-refractivity contribution is 0.131. The standard InChI is InChI=1S/C27H36N8O3/c1-7-33-14-19(5)38-26-23(12-30-32(26)6)20-10-28-27-29-11-21(34(27)15-20)8-9-22-24(16-33)35(13-18(4)36)31-25(22)37-17(2)3/h8-12,15,17-19,36H,7,13-14,16H2,1-6H3/b9-8+/t18-,19-/m0/s1. The third kappa shape index (κ3) is 5.16. The topological polar surface area (TPSA) is 108 Å². The summed E-state index contributed by atoms with van der Waals surface area (Å²) >= 11 is 0. The van der Waals surface area contributed by atoms with Gasteiger partial charge in [0.15, 0.2) is 0 Å². The van der Waals surface area contributed by atoms with Crippen molar-refractivity contribution in [1.82, 2.24) is 38.8 Å². The van der Waals surface area contributed by atoms with E-state index < -0.39 is 6.10 Å². The number of hydrogen-bond acceptors (Lipinski definition) is 8. The maximum absolute atomic E-state index is 10.2. The average molecular weight is 521 g/mol. The fourth-order valence-corrected chi connectivity index (χ4v) is 4.73. The van der Waals surface area contributed by atoms with E-state index in [0.717, 1.165) is 34.6 Å². The van der Waals surface area contributed by atoms with Crippen LogP contribution >= 0.6 is 0 Å². The van der Waals surface area contributed by atoms with Gasteiger partial charge in [-0.1, -0.05) is 6.92 Å². The van der Waals surface area contributed by atoms with Crippen LogP contribution in [0.4, 0.5) is 0 Å². The number of imidazole rings is 1. The zero-order valence-electron chi connectivity index (χ0n) is 22.9. The number of aryl methyl sites for hydroxylation is 1. The van der Waals surface area contributed by atoms with Crippen molar-refractivity contribution >= 4 is 17.9 Å². The predicted molar refractivity (Wildman–Crippen MR) is 145 cm³/mol. The van der Waals surface area contributed by atoms with E-state index in [4.69, 9.17) is 14.6 Å². The SMILES string of the molecule is CCN1Cc2c(c(OC(C)C)nn2C[C@H](C)O)/C=C/c2cnc3ncc(cn23)-c2cnn(C)c2O[C@@H](C)C1. The van der Waals surface area contributed by atoms with E-state index in [9.17, 15) is 5.11 Å². The second kappa shape index (κ2) is 10.6. The van der Waals surface area contributed by atoms with Crippen LogP contribution in [0.2, 0.25) is 0 Å². The van der Waals surface area contributed by atoms with Crippen LogP contribution in [0.3, 0.4) is 0 Å². The molecule has 1 N–H and O–H groups in total. The molecule has 38 heavy (non-hydrogen) atoms. The highest BCUT2D eigenvalue weighted by atomic mass is 16.5. The van der Waals surface area contributed by atoms with Crippen molar-refractivity contribution < 1.29 is 14.6 Å². The van der Waals surface area contributed by atoms with Gasteiger partial charge in [-0.3, -0.25) is 14.0 Å². The van der Waals surface area contributed by atoms with E-state index in [1.54, 1.807) is 24.0 Å². The Kier molecular flexibility index (Phi) is 7.22. The molecule has 0 spiro atoms. The number of aromatic nitrogens is 7. The van der Waals surface area contributed by atoms with Gasteiger partial charge in [-0.15, -0.1) is 5.10 Å². The van der Waals surface area contributed by atoms with E-state index in [2.05, 4.69) is 33.8 Å². The summed E-state index contributed by atoms with van der Waals surface area (Å²) in [4.78, 5) is 11.4. The Morgan fingerprint density at radius 2 is 1.95 bits per heavy atom. The van der Waals surface area contributed by atoms with Gasteiger partial charge in [-0.05, 0) is 46.4 Å². The smallest absolute Gasteiger partial charge is 0.240 e. The molecular formula is C27H36N8O3. The number of fused-ring (bicyclic) bond motifs is 4. The molecule has 0 aliphatic carbocycles. The molecule has 0 fully saturated rings. The Morgan fingerprint density at radius 3 is 2.68 bits per heavy atom. The van der Waals surface area contributed by atoms with Crippen LogP contribution in [0.1, 0.15) is 51.6 Å². The minimum atomic E-state index is -0.560. The Morgan fingerprint density at radius 1 is 1.16 bits per heavy atom. The molecule has 0 amide bonds. The molecule has 2 atom stereocenters. The Hall–Kier alpha value is -3.70. The van der Waals surface area contributed by atoms with Crippen molar-refractivity contribution in [3.63, 3.8) is 0 Å². The largest absolute Gasteiger partial charge is 0.473 e. The van der Waals surface area contributed by atoms with Crippen LogP contribution < -0.4 is 9.47 Å². The molecule has 2 bridgehead atoms. The molecule has 5 heterocycles. The number of likely N-dealkylation sites (N-methyl/N-ethyl adjacent to an activating group) is 1. The number of ether oxygens (including phenoxy) is 2. The summed E-state index contributed by atoms with van der Waals surface area (Å²) in [5, 5.41) is 19.5. The number of rotatable bonds is 5. The molecule has 0 radical (unpaired) electrons. The summed E-state index contributed by atoms with van der Waals surface area (Å²) in [6, 6.07) is 0. The third-order valence-electron chi connectivity index (χ3n) is 6.51. The summed E-state index contributed by atoms with van der Waals surface area (Å²) in [7, 11) is 1.88. The Bertz CT molecular complexity index is 1450. The van der Waals surface area contributed by atoms with Gasteiger partial charge >= 0.3 is 0 Å². The van der Waals surface area contributed by atoms with E-state index in [0.29, 0.717) is 37.2 Å². The maximum atomic E-state index is 10.2. The molecule has 11 nitrogen and oxygen atoms in total. The number of aliphatic hydroxyl groups is 1. The van der Waals surface area contributed by atoms with Crippen LogP contribution in [0.5, 0.6) is 11.8 Å². The minimum Gasteiger partial charge on any atom is -0.473 e. The fourth-order valence-electron chi connectivity index (χ4n) is 4.73. The van der Waals surface area contributed by atoms with Gasteiger partial charge in [0, 0.05) is 38.1 Å². The highest BCUT2D eigenvalue weighted by Crippen LogP contribution is 2.32. The molecule has 0 aromatic carbocycles. The first-order valence-electron chi connectivity index (χ1n) is 13.1. The van der Waals surface area contributed by atoms with Crippen molar-refractivity contribution in [2.75, 3.05) is 13.1 Å². The van der Waals surface area contributed by atoms with Crippen molar-refractivity contribution in [1.29, 1.82) is 0 Å². The van der Waals surface area contributed by atoms with Gasteiger partial charge in [0.05, 0.1) is 53.7 Å². The average Bonchev–Trinajstić information content (AvgIpc) is 3.52. The van der Waals surface area contributed by atoms with E-state index in [-0.39, 0.29) is 12.2 Å². The molecule has 11 heteroatoms. The summed E-state index contributed by atoms with van der Waals surface area (Å²) in [5.74, 6) is 1.83. The highest BCUT2D eigenvalue weighted by Gasteiger charge is 2.24. The van der Waals surface area contributed by atoms with Gasteiger partial charge in [0.1, 0.15) is 6.10 Å². The zero-order valence-corrected chi connectivity index (χ0v) is 22.9. The molecule has 5 rings (SSSR count). The zero-order chi connectivity index (χ0) is 27.0. The van der Waals surface area contributed by atoms with Gasteiger partial charge in [-0.2, -0.15) is 5.10 Å². The second-order valence-electron chi connectivity index (χ2n) is 10.1. The number of hydrogen-bond donors (Lipinski definition) is 1. The van der Waals surface area contributed by atoms with Crippen LogP contribution in [0.25, 0.3) is 29.1 Å². The van der Waals surface area contributed by atoms with Crippen molar-refractivity contribution in [2.45, 2.75) is 66.0 Å². The maximum Gasteiger partial charge on any atom is 0.240 e. The Balaban J connectivity index is 1.70. The van der Waals surface area contributed by atoms with Gasteiger partial charge in [0.2, 0.25) is 17.5 Å². The van der Waals surface area contributed by atoms with Crippen LogP contribution in [0, 0.1) is 0 Å². The van der Waals surface area contributed by atoms with E-state index in [1.807, 2.05) is 54.5 Å². The van der Waals surface area contributed by atoms with Gasteiger partial charge in [-0.25, -0.2) is 14.6 Å². The summed E-state index contributed by atoms with van der Waals surface area (Å²) in [5.41, 5.74) is 4.47. The predicted octanol–water partition coefficient (Wildman–Crippen LogP) is 3.27. The summed E-state index contributed by atoms with van der Waals surface area (Å²) in [6.07, 6.45) is 10.7. The third-order valence-corrected chi connectivity index (χ3v) is 6.51. The first kappa shape index (κ1) is 25.9. The first-order valence-corrected chi connectivity index (χ1v) is 13.1. The van der Waals surface area contributed by atoms with Crippen LogP contribution in [-0.2, 0) is 20.1 Å². The molecule has 0 saturated carbocycles. The summed E-state index contributed by atoms with van der Waals surface area (Å²) < 4.78 is 18.2. The second-order valence-corrected chi connectivity index (χ2v) is 10.1. The van der Waals surface area contributed by atoms with E-state index >= 15 is 0 Å². The Labute approximate surface area is 222 Å². The molecule has 4 aromatic heterocycles. The van der Waals surface area contributed by atoms with Crippen molar-refractivity contribution in [3.8, 4) is 22.9 Å². The van der Waals surface area contributed by atoms with Gasteiger partial charge < -0.3 is 14.6 Å². The van der Waals surface area contributed by atoms with Crippen LogP contribution in [-0.4, -0.2) is 75.3 Å². The first-order chi connectivity index (χ1) is 18.2. The lowest BCUT2D eigenvalue weighted by atomic mass is 10.1. The van der Waals surface area contributed by atoms with Gasteiger partial charge in [0.25, 0.3) is 0 Å². The molecule has 0 saturated heterocycles. The monoisotopic (exact) mass is 520 g/mol. The number of aliphatic hydroxyl groups excluding tert-OH is 1. The lowest BCUT2D eigenvalue weighted by Crippen LogP contribution is -2.35. The van der Waals surface area contributed by atoms with Crippen molar-refractivity contribution in [2.24, 2.45) is 7.05 Å². The highest BCUT2D eigenvalue weighted by molar-refractivity contribution is 5.74. The number of nitrogens with zero attached hydrogens (tertiary/aromatic N) is 8. The molecule has 1 aliphatic heterocycles. The van der Waals surface area contributed by atoms with Crippen molar-refractivity contribution in [3.05, 3.63) is 41.7 Å². The molecule has 0 unspecified atom stereocenters. The minimum absolute atomic E-state index is 0.0515. The van der Waals surface area contributed by atoms with Crippen LogP contribution in [0.15, 0.2) is 24.8 Å². The van der Waals surface area contributed by atoms with E-state index in [1.165, 1.54) is 0 Å². The molecule has 1 aliphatic rings. The molecule has 202 valence electrons. The lowest BCUT2D eigenvalue weighted by Gasteiger charge is -2.26. The molecule has 4 aromatic rings. The molecular weight excluding hydrogens is 484 g/mol. The summed E-state index contributed by atoms with van der Waals surface area (Å²) in [6.45, 7) is 12.4. The fraction of sp³-hybridized carbons (Fsp3) is 0.481. The quantitative estimate of drug-likeness (QED) is 0.427. The normalized spacial score (nSPS) is 18.1.